The molecule has 2 atom stereocenters. The Morgan fingerprint density at radius 2 is 0.868 bits per heavy atom. The van der Waals surface area contributed by atoms with Gasteiger partial charge in [-0.25, -0.2) is 0 Å². The summed E-state index contributed by atoms with van der Waals surface area (Å²) in [6.07, 6.45) is 0. The predicted octanol–water partition coefficient (Wildman–Crippen LogP) is 2.15. The van der Waals surface area contributed by atoms with E-state index < -0.39 is 23.0 Å². The molecule has 198 valence electrons. The average Bonchev–Trinajstić information content (AvgIpc) is 3.27. The number of amides is 2. The number of benzene rings is 3. The fourth-order valence-electron chi connectivity index (χ4n) is 5.66. The van der Waals surface area contributed by atoms with Crippen molar-refractivity contribution in [2.24, 2.45) is 0 Å². The Labute approximate surface area is 219 Å². The predicted molar refractivity (Wildman–Crippen MR) is 138 cm³/mol. The third-order valence-corrected chi connectivity index (χ3v) is 7.40. The number of hydrogen-bond acceptors (Lipinski definition) is 8. The van der Waals surface area contributed by atoms with Crippen LogP contribution in [0.2, 0.25) is 0 Å². The molecule has 2 N–H and O–H groups in total. The molecule has 0 aliphatic carbocycles. The minimum absolute atomic E-state index is 0.0857. The van der Waals surface area contributed by atoms with Gasteiger partial charge < -0.3 is 39.0 Å². The van der Waals surface area contributed by atoms with E-state index >= 15 is 0 Å². The molecule has 0 spiro atoms. The lowest BCUT2D eigenvalue weighted by Crippen LogP contribution is -2.42. The Kier molecular flexibility index (Phi) is 5.77. The molecule has 0 fully saturated rings. The number of methoxy groups -OCH3 is 4. The lowest BCUT2D eigenvalue weighted by Gasteiger charge is -2.33. The largest absolute Gasteiger partial charge is 0.492 e. The Bertz CT molecular complexity index is 1340. The highest BCUT2D eigenvalue weighted by molar-refractivity contribution is 6.12. The molecule has 0 radical (unpaired) electrons. The summed E-state index contributed by atoms with van der Waals surface area (Å²) in [4.78, 5) is 30.0. The maximum atomic E-state index is 13.7. The molecule has 0 saturated carbocycles. The van der Waals surface area contributed by atoms with Gasteiger partial charge in [-0.15, -0.1) is 0 Å². The van der Waals surface area contributed by atoms with Crippen LogP contribution < -0.4 is 28.7 Å². The molecule has 0 bridgehead atoms. The topological polar surface area (TPSA) is 118 Å². The smallest absolute Gasteiger partial charge is 0.268 e. The summed E-state index contributed by atoms with van der Waals surface area (Å²) in [7, 11) is 8.42. The molecular formula is C28H28N2O8. The zero-order valence-corrected chi connectivity index (χ0v) is 21.9. The zero-order chi connectivity index (χ0) is 27.6. The average molecular weight is 521 g/mol. The van der Waals surface area contributed by atoms with Gasteiger partial charge in [0.25, 0.3) is 11.8 Å². The maximum Gasteiger partial charge on any atom is 0.268 e. The first-order valence-electron chi connectivity index (χ1n) is 11.7. The van der Waals surface area contributed by atoms with Gasteiger partial charge in [-0.1, -0.05) is 36.4 Å². The van der Waals surface area contributed by atoms with Crippen LogP contribution in [0.25, 0.3) is 0 Å². The molecule has 3 aromatic carbocycles. The number of ether oxygens (including phenoxy) is 4. The number of likely N-dealkylation sites (N-methyl/N-ethyl adjacent to an activating group) is 2. The van der Waals surface area contributed by atoms with Crippen LogP contribution in [0.15, 0.2) is 48.5 Å². The van der Waals surface area contributed by atoms with Crippen molar-refractivity contribution in [1.29, 1.82) is 0 Å². The molecule has 0 saturated heterocycles. The molecule has 0 unspecified atom stereocenters. The minimum atomic E-state index is -2.27. The van der Waals surface area contributed by atoms with Crippen LogP contribution >= 0.6 is 0 Å². The second kappa shape index (κ2) is 8.64. The molecule has 0 aromatic heterocycles. The lowest BCUT2D eigenvalue weighted by molar-refractivity contribution is -0.133. The van der Waals surface area contributed by atoms with E-state index in [1.165, 1.54) is 38.2 Å². The number of carbonyl (C=O) groups excluding carboxylic acids is 2. The van der Waals surface area contributed by atoms with Crippen molar-refractivity contribution in [3.05, 3.63) is 70.8 Å². The fourth-order valence-corrected chi connectivity index (χ4v) is 5.66. The van der Waals surface area contributed by atoms with Crippen molar-refractivity contribution in [3.8, 4) is 23.0 Å². The van der Waals surface area contributed by atoms with Crippen LogP contribution in [-0.4, -0.2) is 64.6 Å². The molecule has 2 amide bonds. The van der Waals surface area contributed by atoms with Crippen LogP contribution in [0.4, 0.5) is 11.4 Å². The molecule has 5 rings (SSSR count). The van der Waals surface area contributed by atoms with Crippen molar-refractivity contribution in [2.45, 2.75) is 11.2 Å². The van der Waals surface area contributed by atoms with Crippen LogP contribution in [-0.2, 0) is 20.8 Å². The van der Waals surface area contributed by atoms with Crippen molar-refractivity contribution in [1.82, 2.24) is 0 Å². The second-order valence-electron chi connectivity index (χ2n) is 9.07. The number of rotatable bonds is 6. The highest BCUT2D eigenvalue weighted by Gasteiger charge is 2.58. The van der Waals surface area contributed by atoms with E-state index in [1.807, 2.05) is 0 Å². The van der Waals surface area contributed by atoms with E-state index in [0.29, 0.717) is 22.5 Å². The van der Waals surface area contributed by atoms with Crippen molar-refractivity contribution in [3.63, 3.8) is 0 Å². The van der Waals surface area contributed by atoms with Gasteiger partial charge >= 0.3 is 0 Å². The number of nitrogens with zero attached hydrogens (tertiary/aromatic N) is 2. The standard InChI is InChI=1S/C28H28N2O8/c1-29-17-13-9-7-11-15(17)27(33,25(29)31)19-21(35-3)23(37-5)20(24(38-6)22(19)36-4)28(34)16-12-8-10-14-18(16)30(2)26(28)32/h7-14,33-34H,1-6H3/t27-,28+. The highest BCUT2D eigenvalue weighted by atomic mass is 16.5. The number of fused-ring (bicyclic) bond motifs is 2. The normalized spacial score (nSPS) is 21.9. The van der Waals surface area contributed by atoms with Crippen LogP contribution in [0, 0.1) is 0 Å². The number of hydrogen-bond donors (Lipinski definition) is 2. The zero-order valence-electron chi connectivity index (χ0n) is 21.9. The third-order valence-electron chi connectivity index (χ3n) is 7.40. The van der Waals surface area contributed by atoms with Crippen LogP contribution in [0.3, 0.4) is 0 Å². The number of aliphatic hydroxyl groups is 2. The van der Waals surface area contributed by atoms with Crippen molar-refractivity contribution < 1.29 is 38.7 Å². The first-order valence-corrected chi connectivity index (χ1v) is 11.7. The summed E-state index contributed by atoms with van der Waals surface area (Å²) in [5, 5.41) is 24.4. The number of carbonyl (C=O) groups is 2. The summed E-state index contributed by atoms with van der Waals surface area (Å²) in [6, 6.07) is 13.6. The van der Waals surface area contributed by atoms with Gasteiger partial charge in [-0.2, -0.15) is 0 Å². The Morgan fingerprint density at radius 1 is 0.579 bits per heavy atom. The highest BCUT2D eigenvalue weighted by Crippen LogP contribution is 2.61. The molecule has 38 heavy (non-hydrogen) atoms. The summed E-state index contributed by atoms with van der Waals surface area (Å²) in [5.41, 5.74) is -3.13. The van der Waals surface area contributed by atoms with E-state index in [4.69, 9.17) is 18.9 Å². The lowest BCUT2D eigenvalue weighted by atomic mass is 9.80. The molecule has 2 aliphatic rings. The monoisotopic (exact) mass is 520 g/mol. The number of anilines is 2. The van der Waals surface area contributed by atoms with Gasteiger partial charge in [0, 0.05) is 25.2 Å². The maximum absolute atomic E-state index is 13.7. The third kappa shape index (κ3) is 2.89. The second-order valence-corrected chi connectivity index (χ2v) is 9.07. The van der Waals surface area contributed by atoms with E-state index in [9.17, 15) is 19.8 Å². The van der Waals surface area contributed by atoms with Crippen molar-refractivity contribution >= 4 is 23.2 Å². The van der Waals surface area contributed by atoms with E-state index in [2.05, 4.69) is 0 Å². The first-order chi connectivity index (χ1) is 18.1. The summed E-state index contributed by atoms with van der Waals surface area (Å²) >= 11 is 0. The van der Waals surface area contributed by atoms with E-state index in [-0.39, 0.29) is 34.1 Å². The molecular weight excluding hydrogens is 492 g/mol. The minimum Gasteiger partial charge on any atom is -0.492 e. The number of para-hydroxylation sites is 2. The Morgan fingerprint density at radius 3 is 1.16 bits per heavy atom. The SMILES string of the molecule is COc1c(OC)c([C@]2(O)C(=O)N(C)c3ccccc32)c(OC)c(OC)c1[C@@]1(O)C(=O)N(C)c2ccccc21. The molecule has 10 heteroatoms. The first kappa shape index (κ1) is 25.4. The van der Waals surface area contributed by atoms with Crippen LogP contribution in [0.5, 0.6) is 23.0 Å². The van der Waals surface area contributed by atoms with Crippen molar-refractivity contribution in [2.75, 3.05) is 52.3 Å². The fraction of sp³-hybridized carbons (Fsp3) is 0.286. The summed E-state index contributed by atoms with van der Waals surface area (Å²) in [5.74, 6) is -1.73. The van der Waals surface area contributed by atoms with Crippen LogP contribution in [0.1, 0.15) is 22.3 Å². The molecule has 2 aliphatic heterocycles. The van der Waals surface area contributed by atoms with Gasteiger partial charge in [0.1, 0.15) is 0 Å². The summed E-state index contributed by atoms with van der Waals surface area (Å²) < 4.78 is 23.0. The van der Waals surface area contributed by atoms with Gasteiger partial charge in [0.05, 0.1) is 50.9 Å². The molecule has 2 heterocycles. The van der Waals surface area contributed by atoms with Gasteiger partial charge in [-0.05, 0) is 12.1 Å². The van der Waals surface area contributed by atoms with Gasteiger partial charge in [0.2, 0.25) is 11.2 Å². The van der Waals surface area contributed by atoms with Gasteiger partial charge in [0.15, 0.2) is 23.0 Å². The molecule has 3 aromatic rings. The summed E-state index contributed by atoms with van der Waals surface area (Å²) in [6.45, 7) is 0. The Balaban J connectivity index is 1.94. The van der Waals surface area contributed by atoms with E-state index in [0.717, 1.165) is 0 Å². The Hall–Kier alpha value is -4.28. The van der Waals surface area contributed by atoms with Gasteiger partial charge in [-0.3, -0.25) is 9.59 Å². The van der Waals surface area contributed by atoms with E-state index in [1.54, 1.807) is 62.6 Å². The quantitative estimate of drug-likeness (QED) is 0.508. The molecule has 10 nitrogen and oxygen atoms in total.